The fourth-order valence-corrected chi connectivity index (χ4v) is 5.92. The highest BCUT2D eigenvalue weighted by molar-refractivity contribution is 7.91. The molecule has 0 spiro atoms. The predicted molar refractivity (Wildman–Crippen MR) is 108 cm³/mol. The number of sulfone groups is 1. The summed E-state index contributed by atoms with van der Waals surface area (Å²) in [6.07, 6.45) is -7.98. The van der Waals surface area contributed by atoms with Gasteiger partial charge in [0.05, 0.1) is 28.3 Å². The van der Waals surface area contributed by atoms with Crippen LogP contribution in [0.25, 0.3) is 0 Å². The molecule has 3 rings (SSSR count). The molecule has 4 nitrogen and oxygen atoms in total. The van der Waals surface area contributed by atoms with Gasteiger partial charge in [-0.3, -0.25) is 9.78 Å². The SMILES string of the molecule is O=C(CCC1CCS(=O)(=O)C1)C[C@@H](c1ccc(C(F)(F)F)cc1)c1ncccc1C(F)(F)F. The van der Waals surface area contributed by atoms with E-state index in [9.17, 15) is 39.6 Å². The number of alkyl halides is 6. The minimum absolute atomic E-state index is 0.0267. The van der Waals surface area contributed by atoms with Crippen molar-refractivity contribution >= 4 is 15.6 Å². The second-order valence-electron chi connectivity index (χ2n) is 8.16. The standard InChI is InChI=1S/C22H21F6NO3S/c23-21(24,25)16-6-4-15(5-7-16)18(20-19(22(26,27)28)2-1-10-29-20)12-17(30)8-3-14-9-11-33(31,32)13-14/h1-2,4-7,10,14,18H,3,8-9,11-13H2/t14?,18-/m0/s1. The van der Waals surface area contributed by atoms with E-state index in [1.807, 2.05) is 0 Å². The Morgan fingerprint density at radius 3 is 2.24 bits per heavy atom. The van der Waals surface area contributed by atoms with Gasteiger partial charge < -0.3 is 0 Å². The Morgan fingerprint density at radius 1 is 1.03 bits per heavy atom. The number of aromatic nitrogens is 1. The Labute approximate surface area is 186 Å². The van der Waals surface area contributed by atoms with Crippen LogP contribution in [0, 0.1) is 5.92 Å². The van der Waals surface area contributed by atoms with Crippen LogP contribution < -0.4 is 0 Å². The molecule has 1 aromatic carbocycles. The molecule has 33 heavy (non-hydrogen) atoms. The van der Waals surface area contributed by atoms with Crippen LogP contribution in [0.4, 0.5) is 26.3 Å². The van der Waals surface area contributed by atoms with Crippen molar-refractivity contribution in [1.29, 1.82) is 0 Å². The van der Waals surface area contributed by atoms with E-state index in [0.717, 1.165) is 42.6 Å². The first-order chi connectivity index (χ1) is 15.3. The van der Waals surface area contributed by atoms with Gasteiger partial charge in [-0.1, -0.05) is 12.1 Å². The summed E-state index contributed by atoms with van der Waals surface area (Å²) in [6, 6.07) is 5.53. The summed E-state index contributed by atoms with van der Waals surface area (Å²) in [5.74, 6) is -1.79. The molecule has 1 aliphatic heterocycles. The number of halogens is 6. The quantitative estimate of drug-likeness (QED) is 0.483. The number of ketones is 1. The van der Waals surface area contributed by atoms with Crippen molar-refractivity contribution in [1.82, 2.24) is 4.98 Å². The molecule has 1 aliphatic rings. The minimum atomic E-state index is -4.77. The summed E-state index contributed by atoms with van der Waals surface area (Å²) < 4.78 is 103. The highest BCUT2D eigenvalue weighted by Crippen LogP contribution is 2.39. The largest absolute Gasteiger partial charge is 0.418 e. The number of rotatable bonds is 7. The molecule has 1 unspecified atom stereocenters. The molecule has 0 aliphatic carbocycles. The van der Waals surface area contributed by atoms with Crippen molar-refractivity contribution in [3.05, 3.63) is 65.0 Å². The first-order valence-electron chi connectivity index (χ1n) is 10.2. The van der Waals surface area contributed by atoms with Gasteiger partial charge in [0.25, 0.3) is 0 Å². The number of carbonyl (C=O) groups excluding carboxylic acids is 1. The lowest BCUT2D eigenvalue weighted by Gasteiger charge is -2.21. The van der Waals surface area contributed by atoms with Gasteiger partial charge in [-0.05, 0) is 48.6 Å². The van der Waals surface area contributed by atoms with Gasteiger partial charge in [0, 0.05) is 25.0 Å². The molecule has 1 saturated heterocycles. The van der Waals surface area contributed by atoms with E-state index in [1.165, 1.54) is 0 Å². The van der Waals surface area contributed by atoms with Crippen LogP contribution in [0.15, 0.2) is 42.6 Å². The predicted octanol–water partition coefficient (Wildman–Crippen LogP) is 5.43. The fraction of sp³-hybridized carbons (Fsp3) is 0.455. The normalized spacial score (nSPS) is 19.4. The maximum absolute atomic E-state index is 13.6. The number of carbonyl (C=O) groups is 1. The van der Waals surface area contributed by atoms with Gasteiger partial charge in [0.15, 0.2) is 9.84 Å². The van der Waals surface area contributed by atoms with E-state index in [2.05, 4.69) is 4.98 Å². The number of pyridine rings is 1. The molecular formula is C22H21F6NO3S. The number of hydrogen-bond acceptors (Lipinski definition) is 4. The van der Waals surface area contributed by atoms with Gasteiger partial charge in [0.1, 0.15) is 5.78 Å². The van der Waals surface area contributed by atoms with Crippen LogP contribution in [-0.4, -0.2) is 30.7 Å². The molecule has 0 saturated carbocycles. The zero-order valence-electron chi connectivity index (χ0n) is 17.3. The monoisotopic (exact) mass is 493 g/mol. The van der Waals surface area contributed by atoms with Gasteiger partial charge in [-0.15, -0.1) is 0 Å². The van der Waals surface area contributed by atoms with Gasteiger partial charge in [-0.25, -0.2) is 8.42 Å². The first-order valence-corrected chi connectivity index (χ1v) is 12.0. The molecule has 0 amide bonds. The summed E-state index contributed by atoms with van der Waals surface area (Å²) in [7, 11) is -3.13. The molecule has 1 aromatic heterocycles. The van der Waals surface area contributed by atoms with E-state index in [-0.39, 0.29) is 35.8 Å². The molecule has 2 atom stereocenters. The van der Waals surface area contributed by atoms with E-state index in [0.29, 0.717) is 6.42 Å². The molecule has 2 heterocycles. The molecule has 0 radical (unpaired) electrons. The third-order valence-corrected chi connectivity index (χ3v) is 7.54. The molecule has 0 bridgehead atoms. The maximum Gasteiger partial charge on any atom is 0.418 e. The number of benzene rings is 1. The maximum atomic E-state index is 13.6. The van der Waals surface area contributed by atoms with Crippen molar-refractivity contribution in [3.63, 3.8) is 0 Å². The van der Waals surface area contributed by atoms with Crippen LogP contribution in [0.3, 0.4) is 0 Å². The third kappa shape index (κ3) is 6.55. The Bertz CT molecular complexity index is 1090. The van der Waals surface area contributed by atoms with Crippen molar-refractivity contribution in [2.75, 3.05) is 11.5 Å². The van der Waals surface area contributed by atoms with E-state index in [1.54, 1.807) is 0 Å². The highest BCUT2D eigenvalue weighted by atomic mass is 32.2. The summed E-state index contributed by atoms with van der Waals surface area (Å²) >= 11 is 0. The summed E-state index contributed by atoms with van der Waals surface area (Å²) in [5.41, 5.74) is -2.37. The molecule has 2 aromatic rings. The van der Waals surface area contributed by atoms with Crippen LogP contribution >= 0.6 is 0 Å². The van der Waals surface area contributed by atoms with E-state index < -0.39 is 57.1 Å². The van der Waals surface area contributed by atoms with Gasteiger partial charge in [0.2, 0.25) is 0 Å². The second-order valence-corrected chi connectivity index (χ2v) is 10.4. The molecule has 1 fully saturated rings. The Balaban J connectivity index is 1.87. The molecule has 180 valence electrons. The molecule has 0 N–H and O–H groups in total. The average molecular weight is 493 g/mol. The van der Waals surface area contributed by atoms with Crippen molar-refractivity contribution in [3.8, 4) is 0 Å². The highest BCUT2D eigenvalue weighted by Gasteiger charge is 2.37. The lowest BCUT2D eigenvalue weighted by Crippen LogP contribution is -2.18. The topological polar surface area (TPSA) is 64.1 Å². The zero-order chi connectivity index (χ0) is 24.4. The van der Waals surface area contributed by atoms with E-state index >= 15 is 0 Å². The summed E-state index contributed by atoms with van der Waals surface area (Å²) in [6.45, 7) is 0. The Kier molecular flexibility index (Phi) is 7.21. The average Bonchev–Trinajstić information content (AvgIpc) is 3.08. The Hall–Kier alpha value is -2.43. The number of hydrogen-bond donors (Lipinski definition) is 0. The number of Topliss-reactive ketones (excluding diaryl/α,β-unsaturated/α-hetero) is 1. The molecular weight excluding hydrogens is 472 g/mol. The number of nitrogens with zero attached hydrogens (tertiary/aromatic N) is 1. The van der Waals surface area contributed by atoms with Crippen LogP contribution in [0.2, 0.25) is 0 Å². The lowest BCUT2D eigenvalue weighted by atomic mass is 9.86. The fourth-order valence-electron chi connectivity index (χ4n) is 4.01. The zero-order valence-corrected chi connectivity index (χ0v) is 18.1. The van der Waals surface area contributed by atoms with Gasteiger partial charge in [-0.2, -0.15) is 26.3 Å². The van der Waals surface area contributed by atoms with Crippen molar-refractivity contribution in [2.24, 2.45) is 5.92 Å². The molecule has 11 heteroatoms. The first kappa shape index (κ1) is 25.2. The van der Waals surface area contributed by atoms with Crippen LogP contribution in [0.5, 0.6) is 0 Å². The Morgan fingerprint density at radius 2 is 1.70 bits per heavy atom. The van der Waals surface area contributed by atoms with E-state index in [4.69, 9.17) is 0 Å². The lowest BCUT2D eigenvalue weighted by molar-refractivity contribution is -0.139. The minimum Gasteiger partial charge on any atom is -0.300 e. The van der Waals surface area contributed by atoms with Gasteiger partial charge >= 0.3 is 12.4 Å². The van der Waals surface area contributed by atoms with Crippen molar-refractivity contribution in [2.45, 2.75) is 44.0 Å². The summed E-state index contributed by atoms with van der Waals surface area (Å²) in [5, 5.41) is 0. The van der Waals surface area contributed by atoms with Crippen LogP contribution in [-0.2, 0) is 27.0 Å². The smallest absolute Gasteiger partial charge is 0.300 e. The van der Waals surface area contributed by atoms with Crippen LogP contribution in [0.1, 0.15) is 54.0 Å². The second kappa shape index (κ2) is 9.44. The van der Waals surface area contributed by atoms with Crippen molar-refractivity contribution < 1.29 is 39.6 Å². The third-order valence-electron chi connectivity index (χ3n) is 5.70. The summed E-state index contributed by atoms with van der Waals surface area (Å²) in [4.78, 5) is 16.5.